The van der Waals surface area contributed by atoms with Crippen molar-refractivity contribution in [1.29, 1.82) is 0 Å². The van der Waals surface area contributed by atoms with E-state index in [-0.39, 0.29) is 6.04 Å². The Hall–Kier alpha value is -2.90. The molecule has 1 aliphatic heterocycles. The van der Waals surface area contributed by atoms with Crippen molar-refractivity contribution < 1.29 is 9.47 Å². The summed E-state index contributed by atoms with van der Waals surface area (Å²) >= 11 is 0. The molecule has 146 valence electrons. The van der Waals surface area contributed by atoms with Gasteiger partial charge in [0.15, 0.2) is 11.5 Å². The van der Waals surface area contributed by atoms with Gasteiger partial charge in [-0.2, -0.15) is 0 Å². The Labute approximate surface area is 164 Å². The van der Waals surface area contributed by atoms with E-state index < -0.39 is 0 Å². The summed E-state index contributed by atoms with van der Waals surface area (Å²) < 4.78 is 10.9. The highest BCUT2D eigenvalue weighted by molar-refractivity contribution is 5.92. The zero-order valence-corrected chi connectivity index (χ0v) is 16.2. The summed E-state index contributed by atoms with van der Waals surface area (Å²) in [5.41, 5.74) is 8.94. The van der Waals surface area contributed by atoms with E-state index >= 15 is 0 Å². The van der Waals surface area contributed by atoms with Crippen molar-refractivity contribution in [2.75, 3.05) is 38.8 Å². The highest BCUT2D eigenvalue weighted by Gasteiger charge is 2.24. The Bertz CT molecular complexity index is 961. The fraction of sp³-hybridized carbons (Fsp3) is 0.333. The summed E-state index contributed by atoms with van der Waals surface area (Å²) in [6.07, 6.45) is 1.61. The molecule has 0 radical (unpaired) electrons. The van der Waals surface area contributed by atoms with Gasteiger partial charge in [0.05, 0.1) is 19.7 Å². The van der Waals surface area contributed by atoms with Gasteiger partial charge in [-0.25, -0.2) is 9.97 Å². The van der Waals surface area contributed by atoms with Gasteiger partial charge >= 0.3 is 0 Å². The quantitative estimate of drug-likeness (QED) is 0.703. The normalized spacial score (nSPS) is 17.0. The molecule has 1 aliphatic rings. The number of hydrogen-bond donors (Lipinski definition) is 2. The second-order valence-electron chi connectivity index (χ2n) is 6.82. The van der Waals surface area contributed by atoms with Gasteiger partial charge in [-0.1, -0.05) is 24.3 Å². The van der Waals surface area contributed by atoms with Crippen LogP contribution in [0, 0.1) is 0 Å². The van der Waals surface area contributed by atoms with Gasteiger partial charge in [-0.15, -0.1) is 0 Å². The Morgan fingerprint density at radius 3 is 2.57 bits per heavy atom. The van der Waals surface area contributed by atoms with Crippen LogP contribution in [-0.4, -0.2) is 43.8 Å². The Kier molecular flexibility index (Phi) is 5.27. The van der Waals surface area contributed by atoms with E-state index in [0.717, 1.165) is 41.9 Å². The van der Waals surface area contributed by atoms with Crippen LogP contribution in [0.15, 0.2) is 42.7 Å². The molecule has 2 aromatic carbocycles. The van der Waals surface area contributed by atoms with Crippen LogP contribution in [-0.2, 0) is 6.54 Å². The molecule has 0 bridgehead atoms. The zero-order valence-electron chi connectivity index (χ0n) is 16.2. The predicted octanol–water partition coefficient (Wildman–Crippen LogP) is 2.26. The zero-order chi connectivity index (χ0) is 19.5. The van der Waals surface area contributed by atoms with Gasteiger partial charge in [0.1, 0.15) is 12.1 Å². The van der Waals surface area contributed by atoms with Crippen molar-refractivity contribution in [3.63, 3.8) is 0 Å². The van der Waals surface area contributed by atoms with Crippen LogP contribution in [0.5, 0.6) is 11.5 Å². The smallest absolute Gasteiger partial charge is 0.162 e. The highest BCUT2D eigenvalue weighted by atomic mass is 16.5. The molecule has 7 heteroatoms. The lowest BCUT2D eigenvalue weighted by Gasteiger charge is -2.35. The summed E-state index contributed by atoms with van der Waals surface area (Å²) in [4.78, 5) is 11.3. The van der Waals surface area contributed by atoms with Crippen molar-refractivity contribution in [3.05, 3.63) is 53.9 Å². The highest BCUT2D eigenvalue weighted by Crippen LogP contribution is 2.35. The summed E-state index contributed by atoms with van der Waals surface area (Å²) in [6.45, 7) is 3.13. The van der Waals surface area contributed by atoms with Gasteiger partial charge in [0.25, 0.3) is 0 Å². The molecule has 3 N–H and O–H groups in total. The van der Waals surface area contributed by atoms with Crippen LogP contribution in [0.3, 0.4) is 0 Å². The molecular weight excluding hydrogens is 354 g/mol. The van der Waals surface area contributed by atoms with Gasteiger partial charge in [0.2, 0.25) is 0 Å². The van der Waals surface area contributed by atoms with Crippen LogP contribution in [0.2, 0.25) is 0 Å². The number of anilines is 1. The Balaban J connectivity index is 1.66. The minimum atomic E-state index is 0.228. The Morgan fingerprint density at radius 2 is 1.86 bits per heavy atom. The first-order valence-corrected chi connectivity index (χ1v) is 9.37. The molecule has 0 saturated carbocycles. The van der Waals surface area contributed by atoms with Crippen molar-refractivity contribution in [3.8, 4) is 11.5 Å². The van der Waals surface area contributed by atoms with E-state index in [0.29, 0.717) is 18.0 Å². The average Bonchev–Trinajstić information content (AvgIpc) is 2.77. The topological polar surface area (TPSA) is 85.5 Å². The van der Waals surface area contributed by atoms with Crippen LogP contribution >= 0.6 is 0 Å². The number of piperazine rings is 1. The summed E-state index contributed by atoms with van der Waals surface area (Å²) in [5, 5.41) is 4.56. The van der Waals surface area contributed by atoms with Gasteiger partial charge < -0.3 is 25.4 Å². The third-order valence-corrected chi connectivity index (χ3v) is 5.21. The number of methoxy groups -OCH3 is 2. The van der Waals surface area contributed by atoms with Crippen molar-refractivity contribution in [2.24, 2.45) is 5.73 Å². The number of hydrogen-bond acceptors (Lipinski definition) is 7. The maximum absolute atomic E-state index is 5.72. The number of nitrogens with two attached hydrogens (primary N) is 1. The standard InChI is InChI=1S/C21H25N5O2/c1-27-19-9-16-17(10-20(19)28-2)24-13-25-21(16)26-8-7-23-18(12-26)15-5-3-14(11-22)4-6-15/h3-6,9-10,13,18,23H,7-8,11-12,22H2,1-2H3. The molecule has 3 aromatic rings. The number of aromatic nitrogens is 2. The Morgan fingerprint density at radius 1 is 1.11 bits per heavy atom. The van der Waals surface area contributed by atoms with Crippen LogP contribution < -0.4 is 25.4 Å². The summed E-state index contributed by atoms with van der Waals surface area (Å²) in [6, 6.07) is 12.6. The average molecular weight is 379 g/mol. The van der Waals surface area contributed by atoms with E-state index in [1.165, 1.54) is 5.56 Å². The summed E-state index contributed by atoms with van der Waals surface area (Å²) in [7, 11) is 3.27. The van der Waals surface area contributed by atoms with E-state index in [1.807, 2.05) is 12.1 Å². The molecular formula is C21H25N5O2. The second-order valence-corrected chi connectivity index (χ2v) is 6.82. The maximum Gasteiger partial charge on any atom is 0.162 e. The van der Waals surface area contributed by atoms with E-state index in [2.05, 4.69) is 44.5 Å². The number of nitrogens with one attached hydrogen (secondary N) is 1. The summed E-state index contributed by atoms with van der Waals surface area (Å²) in [5.74, 6) is 2.25. The molecule has 1 fully saturated rings. The molecule has 2 heterocycles. The largest absolute Gasteiger partial charge is 0.493 e. The first-order chi connectivity index (χ1) is 13.7. The molecule has 4 rings (SSSR count). The molecule has 0 spiro atoms. The molecule has 0 aliphatic carbocycles. The minimum Gasteiger partial charge on any atom is -0.493 e. The molecule has 1 saturated heterocycles. The molecule has 28 heavy (non-hydrogen) atoms. The molecule has 1 unspecified atom stereocenters. The van der Waals surface area contributed by atoms with Crippen molar-refractivity contribution in [2.45, 2.75) is 12.6 Å². The molecule has 1 atom stereocenters. The number of fused-ring (bicyclic) bond motifs is 1. The molecule has 1 aromatic heterocycles. The lowest BCUT2D eigenvalue weighted by Crippen LogP contribution is -2.46. The van der Waals surface area contributed by atoms with E-state index in [9.17, 15) is 0 Å². The monoisotopic (exact) mass is 379 g/mol. The number of rotatable bonds is 5. The maximum atomic E-state index is 5.72. The first-order valence-electron chi connectivity index (χ1n) is 9.37. The SMILES string of the molecule is COc1cc2ncnc(N3CCNC(c4ccc(CN)cc4)C3)c2cc1OC. The molecule has 0 amide bonds. The first kappa shape index (κ1) is 18.5. The van der Waals surface area contributed by atoms with Gasteiger partial charge in [-0.05, 0) is 17.2 Å². The lowest BCUT2D eigenvalue weighted by atomic mass is 10.0. The van der Waals surface area contributed by atoms with Gasteiger partial charge in [0, 0.05) is 43.7 Å². The second kappa shape index (κ2) is 8.00. The van der Waals surface area contributed by atoms with E-state index in [1.54, 1.807) is 20.5 Å². The van der Waals surface area contributed by atoms with Crippen LogP contribution in [0.1, 0.15) is 17.2 Å². The van der Waals surface area contributed by atoms with E-state index in [4.69, 9.17) is 15.2 Å². The molecule has 7 nitrogen and oxygen atoms in total. The fourth-order valence-electron chi connectivity index (χ4n) is 3.67. The lowest BCUT2D eigenvalue weighted by molar-refractivity contribution is 0.355. The van der Waals surface area contributed by atoms with Crippen molar-refractivity contribution in [1.82, 2.24) is 15.3 Å². The fourth-order valence-corrected chi connectivity index (χ4v) is 3.67. The number of benzene rings is 2. The number of nitrogens with zero attached hydrogens (tertiary/aromatic N) is 3. The van der Waals surface area contributed by atoms with Crippen LogP contribution in [0.25, 0.3) is 10.9 Å². The minimum absolute atomic E-state index is 0.228. The number of ether oxygens (including phenoxy) is 2. The van der Waals surface area contributed by atoms with Gasteiger partial charge in [-0.3, -0.25) is 0 Å². The van der Waals surface area contributed by atoms with Crippen molar-refractivity contribution >= 4 is 16.7 Å². The third-order valence-electron chi connectivity index (χ3n) is 5.21. The van der Waals surface area contributed by atoms with Crippen LogP contribution in [0.4, 0.5) is 5.82 Å². The predicted molar refractivity (Wildman–Crippen MR) is 110 cm³/mol. The third kappa shape index (κ3) is 3.46.